The highest BCUT2D eigenvalue weighted by molar-refractivity contribution is 7.99. The molecule has 1 aliphatic heterocycles. The highest BCUT2D eigenvalue weighted by atomic mass is 32.2. The zero-order chi connectivity index (χ0) is 37.9. The van der Waals surface area contributed by atoms with Gasteiger partial charge in [0.2, 0.25) is 0 Å². The summed E-state index contributed by atoms with van der Waals surface area (Å²) in [6.07, 6.45) is 0. The molecule has 0 spiro atoms. The maximum atomic E-state index is 2.47. The van der Waals surface area contributed by atoms with Gasteiger partial charge in [-0.05, 0) is 107 Å². The van der Waals surface area contributed by atoms with E-state index in [9.17, 15) is 0 Å². The molecule has 58 heavy (non-hydrogen) atoms. The van der Waals surface area contributed by atoms with Crippen molar-refractivity contribution < 1.29 is 0 Å². The normalized spacial score (nSPS) is 12.4. The SMILES string of the molecule is c1ccc(-n2c3ccccc3c3cc(-c4ccc5c(c4)c4ccccc4n5-c4ccc(-c5ccc6c(c5)-n5c7ccccc7c7cccc(c75)S6)cc4)ccc32)cc1. The van der Waals surface area contributed by atoms with Crippen LogP contribution in [0.1, 0.15) is 0 Å². The Morgan fingerprint density at radius 2 is 0.741 bits per heavy atom. The molecular formula is C54H33N3S. The van der Waals surface area contributed by atoms with Gasteiger partial charge in [0.05, 0.1) is 38.8 Å². The molecule has 1 aliphatic rings. The minimum absolute atomic E-state index is 1.15. The average molecular weight is 756 g/mol. The molecule has 0 bridgehead atoms. The molecule has 270 valence electrons. The number of benzene rings is 9. The zero-order valence-corrected chi connectivity index (χ0v) is 32.1. The molecule has 3 aromatic heterocycles. The first-order valence-electron chi connectivity index (χ1n) is 19.8. The van der Waals surface area contributed by atoms with Gasteiger partial charge in [0.25, 0.3) is 0 Å². The van der Waals surface area contributed by atoms with Crippen LogP contribution in [0.25, 0.3) is 105 Å². The summed E-state index contributed by atoms with van der Waals surface area (Å²) < 4.78 is 7.26. The number of hydrogen-bond acceptors (Lipinski definition) is 1. The van der Waals surface area contributed by atoms with Crippen LogP contribution in [0.4, 0.5) is 0 Å². The highest BCUT2D eigenvalue weighted by Crippen LogP contribution is 2.47. The van der Waals surface area contributed by atoms with E-state index in [-0.39, 0.29) is 0 Å². The molecule has 0 unspecified atom stereocenters. The molecule has 4 heteroatoms. The van der Waals surface area contributed by atoms with Crippen LogP contribution in [0.5, 0.6) is 0 Å². The minimum Gasteiger partial charge on any atom is -0.309 e. The van der Waals surface area contributed by atoms with Gasteiger partial charge in [-0.15, -0.1) is 0 Å². The van der Waals surface area contributed by atoms with Gasteiger partial charge in [-0.2, -0.15) is 0 Å². The first kappa shape index (κ1) is 31.9. The topological polar surface area (TPSA) is 14.8 Å². The molecule has 0 saturated heterocycles. The average Bonchev–Trinajstić information content (AvgIpc) is 3.93. The van der Waals surface area contributed by atoms with E-state index >= 15 is 0 Å². The fourth-order valence-corrected chi connectivity index (χ4v) is 10.7. The molecule has 0 amide bonds. The monoisotopic (exact) mass is 755 g/mol. The van der Waals surface area contributed by atoms with E-state index in [4.69, 9.17) is 0 Å². The Labute approximate surface area is 338 Å². The van der Waals surface area contributed by atoms with Crippen molar-refractivity contribution in [1.29, 1.82) is 0 Å². The van der Waals surface area contributed by atoms with Gasteiger partial charge in [0, 0.05) is 53.5 Å². The molecule has 0 N–H and O–H groups in total. The summed E-state index contributed by atoms with van der Waals surface area (Å²) in [5.74, 6) is 0. The molecule has 0 saturated carbocycles. The van der Waals surface area contributed by atoms with Crippen molar-refractivity contribution in [1.82, 2.24) is 13.7 Å². The van der Waals surface area contributed by atoms with Gasteiger partial charge >= 0.3 is 0 Å². The molecule has 0 fully saturated rings. The van der Waals surface area contributed by atoms with Gasteiger partial charge in [-0.25, -0.2) is 0 Å². The van der Waals surface area contributed by atoms with Crippen LogP contribution < -0.4 is 0 Å². The first-order valence-corrected chi connectivity index (χ1v) is 20.7. The Morgan fingerprint density at radius 3 is 1.38 bits per heavy atom. The Hall–Kier alpha value is -7.27. The van der Waals surface area contributed by atoms with E-state index in [0.717, 1.165) is 5.69 Å². The smallest absolute Gasteiger partial charge is 0.0681 e. The van der Waals surface area contributed by atoms with E-state index < -0.39 is 0 Å². The predicted molar refractivity (Wildman–Crippen MR) is 244 cm³/mol. The third-order valence-corrected chi connectivity index (χ3v) is 13.3. The van der Waals surface area contributed by atoms with E-state index in [0.29, 0.717) is 0 Å². The zero-order valence-electron chi connectivity index (χ0n) is 31.3. The lowest BCUT2D eigenvalue weighted by Crippen LogP contribution is -2.02. The van der Waals surface area contributed by atoms with Gasteiger partial charge in [-0.1, -0.05) is 127 Å². The number of rotatable bonds is 4. The Bertz CT molecular complexity index is 3640. The number of nitrogens with zero attached hydrogens (tertiary/aromatic N) is 3. The summed E-state index contributed by atoms with van der Waals surface area (Å²) in [7, 11) is 0. The minimum atomic E-state index is 1.15. The quantitative estimate of drug-likeness (QED) is 0.175. The van der Waals surface area contributed by atoms with Crippen molar-refractivity contribution in [3.63, 3.8) is 0 Å². The van der Waals surface area contributed by atoms with Crippen molar-refractivity contribution in [2.45, 2.75) is 9.79 Å². The van der Waals surface area contributed by atoms with Crippen LogP contribution in [0, 0.1) is 0 Å². The van der Waals surface area contributed by atoms with E-state index in [1.807, 2.05) is 11.8 Å². The third kappa shape index (κ3) is 4.52. The number of aromatic nitrogens is 3. The molecule has 4 heterocycles. The van der Waals surface area contributed by atoms with E-state index in [1.165, 1.54) is 109 Å². The van der Waals surface area contributed by atoms with E-state index in [2.05, 4.69) is 214 Å². The van der Waals surface area contributed by atoms with Gasteiger partial charge in [0.1, 0.15) is 0 Å². The molecule has 0 aliphatic carbocycles. The fourth-order valence-electron chi connectivity index (χ4n) is 9.64. The van der Waals surface area contributed by atoms with Crippen LogP contribution >= 0.6 is 11.8 Å². The third-order valence-electron chi connectivity index (χ3n) is 12.2. The van der Waals surface area contributed by atoms with Crippen LogP contribution in [-0.2, 0) is 0 Å². The summed E-state index contributed by atoms with van der Waals surface area (Å²) in [6, 6.07) is 73.6. The second kappa shape index (κ2) is 12.1. The lowest BCUT2D eigenvalue weighted by molar-refractivity contribution is 1.09. The summed E-state index contributed by atoms with van der Waals surface area (Å²) in [6.45, 7) is 0. The maximum Gasteiger partial charge on any atom is 0.0681 e. The van der Waals surface area contributed by atoms with Crippen LogP contribution in [-0.4, -0.2) is 13.7 Å². The van der Waals surface area contributed by atoms with E-state index in [1.54, 1.807) is 0 Å². The van der Waals surface area contributed by atoms with Crippen molar-refractivity contribution in [3.05, 3.63) is 200 Å². The first-order chi connectivity index (χ1) is 28.8. The van der Waals surface area contributed by atoms with Crippen LogP contribution in [0.15, 0.2) is 210 Å². The van der Waals surface area contributed by atoms with Crippen molar-refractivity contribution in [2.75, 3.05) is 0 Å². The maximum absolute atomic E-state index is 2.47. The lowest BCUT2D eigenvalue weighted by atomic mass is 10.0. The molecule has 12 aromatic rings. The molecule has 0 radical (unpaired) electrons. The van der Waals surface area contributed by atoms with Crippen molar-refractivity contribution >= 4 is 77.2 Å². The highest BCUT2D eigenvalue weighted by Gasteiger charge is 2.23. The van der Waals surface area contributed by atoms with Crippen molar-refractivity contribution in [3.8, 4) is 39.3 Å². The fraction of sp³-hybridized carbons (Fsp3) is 0. The van der Waals surface area contributed by atoms with Crippen LogP contribution in [0.3, 0.4) is 0 Å². The van der Waals surface area contributed by atoms with Gasteiger partial charge in [-0.3, -0.25) is 0 Å². The number of para-hydroxylation sites is 5. The number of fused-ring (bicyclic) bond motifs is 11. The van der Waals surface area contributed by atoms with Gasteiger partial charge < -0.3 is 13.7 Å². The van der Waals surface area contributed by atoms with Crippen molar-refractivity contribution in [2.24, 2.45) is 0 Å². The lowest BCUT2D eigenvalue weighted by Gasteiger charge is -2.21. The second-order valence-corrected chi connectivity index (χ2v) is 16.4. The second-order valence-electron chi connectivity index (χ2n) is 15.3. The largest absolute Gasteiger partial charge is 0.309 e. The van der Waals surface area contributed by atoms with Crippen LogP contribution in [0.2, 0.25) is 0 Å². The Morgan fingerprint density at radius 1 is 0.276 bits per heavy atom. The Kier molecular flexibility index (Phi) is 6.66. The molecule has 13 rings (SSSR count). The molecular weight excluding hydrogens is 723 g/mol. The molecule has 0 atom stereocenters. The van der Waals surface area contributed by atoms with Gasteiger partial charge in [0.15, 0.2) is 0 Å². The summed E-state index contributed by atoms with van der Waals surface area (Å²) >= 11 is 1.87. The number of hydrogen-bond donors (Lipinski definition) is 0. The Balaban J connectivity index is 0.905. The standard InChI is InChI=1S/C54H33N3S/c1-2-11-38(12-3-1)55-46-17-7-5-14-41(46)44-31-35(23-28-49(44)55)36-24-29-50-45(32-36)42-15-6-8-18-47(42)56(50)39-26-21-34(22-27-39)37-25-30-52-51(33-37)57-48-19-9-4-13-40(48)43-16-10-20-53(58-52)54(43)57/h1-33H. The summed E-state index contributed by atoms with van der Waals surface area (Å²) in [5.41, 5.74) is 15.8. The molecule has 9 aromatic carbocycles. The molecule has 3 nitrogen and oxygen atoms in total. The summed E-state index contributed by atoms with van der Waals surface area (Å²) in [5, 5.41) is 7.64. The predicted octanol–water partition coefficient (Wildman–Crippen LogP) is 14.8. The summed E-state index contributed by atoms with van der Waals surface area (Å²) in [4.78, 5) is 2.59.